The highest BCUT2D eigenvalue weighted by Gasteiger charge is 2.17. The minimum absolute atomic E-state index is 0.128. The number of aromatic nitrogens is 1. The SMILES string of the molecule is CN1CCN(CC(O)CON=C(Cl)c2cccnc2)CC1.O=C(O)/C=C\C(=O)O. The molecule has 1 atom stereocenters. The second kappa shape index (κ2) is 13.6. The number of hydrogen-bond acceptors (Lipinski definition) is 8. The number of carboxylic acid groups (broad SMARTS) is 2. The molecule has 3 N–H and O–H groups in total. The Bertz CT molecular complexity index is 677. The van der Waals surface area contributed by atoms with Crippen LogP contribution in [0.25, 0.3) is 0 Å². The molecule has 1 aromatic heterocycles. The van der Waals surface area contributed by atoms with Crippen LogP contribution in [-0.2, 0) is 14.4 Å². The van der Waals surface area contributed by atoms with Crippen molar-refractivity contribution in [1.82, 2.24) is 14.8 Å². The minimum Gasteiger partial charge on any atom is -0.478 e. The summed E-state index contributed by atoms with van der Waals surface area (Å²) in [5, 5.41) is 29.6. The summed E-state index contributed by atoms with van der Waals surface area (Å²) < 4.78 is 0. The van der Waals surface area contributed by atoms with Crippen LogP contribution in [-0.4, -0.2) is 99.7 Å². The Morgan fingerprint density at radius 3 is 2.41 bits per heavy atom. The molecule has 29 heavy (non-hydrogen) atoms. The summed E-state index contributed by atoms with van der Waals surface area (Å²) in [6.07, 6.45) is 3.81. The number of β-amino-alcohol motifs (C(OH)–C–C–N with tert-alkyl or cyclic N) is 1. The Hall–Kier alpha value is -2.53. The molecular weight excluding hydrogens is 404 g/mol. The Morgan fingerprint density at radius 2 is 1.90 bits per heavy atom. The number of carboxylic acids is 2. The number of hydrogen-bond donors (Lipinski definition) is 3. The summed E-state index contributed by atoms with van der Waals surface area (Å²) in [7, 11) is 2.10. The van der Waals surface area contributed by atoms with Gasteiger partial charge in [-0.1, -0.05) is 16.8 Å². The van der Waals surface area contributed by atoms with Crippen LogP contribution in [0.5, 0.6) is 0 Å². The van der Waals surface area contributed by atoms with Gasteiger partial charge in [-0.3, -0.25) is 9.88 Å². The molecule has 0 spiro atoms. The third-order valence-electron chi connectivity index (χ3n) is 3.74. The second-order valence-electron chi connectivity index (χ2n) is 6.19. The Balaban J connectivity index is 0.000000447. The standard InChI is InChI=1S/C14H21ClN4O2.C4H4O4/c1-18-5-7-19(8-6-18)10-13(20)11-21-17-14(15)12-3-2-4-16-9-12;5-3(6)1-2-4(7)8/h2-4,9,13,20H,5-8,10-11H2,1H3;1-2H,(H,5,6)(H,7,8)/b;2-1-. The first-order chi connectivity index (χ1) is 13.8. The lowest BCUT2D eigenvalue weighted by Gasteiger charge is -2.33. The van der Waals surface area contributed by atoms with E-state index in [1.54, 1.807) is 24.5 Å². The van der Waals surface area contributed by atoms with Gasteiger partial charge in [0.15, 0.2) is 5.17 Å². The molecule has 1 unspecified atom stereocenters. The zero-order valence-electron chi connectivity index (χ0n) is 16.0. The fourth-order valence-electron chi connectivity index (χ4n) is 2.24. The van der Waals surface area contributed by atoms with E-state index in [4.69, 9.17) is 26.7 Å². The van der Waals surface area contributed by atoms with Crippen molar-refractivity contribution < 1.29 is 29.7 Å². The summed E-state index contributed by atoms with van der Waals surface area (Å²) in [5.74, 6) is -2.51. The van der Waals surface area contributed by atoms with Crippen molar-refractivity contribution in [3.05, 3.63) is 42.2 Å². The first-order valence-corrected chi connectivity index (χ1v) is 9.14. The van der Waals surface area contributed by atoms with Gasteiger partial charge in [0, 0.05) is 62.8 Å². The molecule has 1 saturated heterocycles. The van der Waals surface area contributed by atoms with E-state index in [-0.39, 0.29) is 11.8 Å². The van der Waals surface area contributed by atoms with E-state index < -0.39 is 18.0 Å². The van der Waals surface area contributed by atoms with Gasteiger partial charge in [-0.25, -0.2) is 9.59 Å². The highest BCUT2D eigenvalue weighted by atomic mass is 35.5. The van der Waals surface area contributed by atoms with E-state index in [0.29, 0.717) is 24.3 Å². The van der Waals surface area contributed by atoms with E-state index >= 15 is 0 Å². The second-order valence-corrected chi connectivity index (χ2v) is 6.55. The van der Waals surface area contributed by atoms with Crippen molar-refractivity contribution in [2.45, 2.75) is 6.10 Å². The predicted octanol–water partition coefficient (Wildman–Crippen LogP) is 0.319. The third kappa shape index (κ3) is 11.8. The number of nitrogens with zero attached hydrogens (tertiary/aromatic N) is 4. The molecule has 2 heterocycles. The molecule has 0 aromatic carbocycles. The predicted molar refractivity (Wildman–Crippen MR) is 107 cm³/mol. The number of aliphatic hydroxyl groups excluding tert-OH is 1. The van der Waals surface area contributed by atoms with E-state index in [1.807, 2.05) is 0 Å². The van der Waals surface area contributed by atoms with Crippen LogP contribution in [0.1, 0.15) is 5.56 Å². The van der Waals surface area contributed by atoms with Crippen molar-refractivity contribution in [3.63, 3.8) is 0 Å². The molecule has 1 aliphatic heterocycles. The monoisotopic (exact) mass is 428 g/mol. The average molecular weight is 429 g/mol. The quantitative estimate of drug-likeness (QED) is 0.303. The normalized spacial score (nSPS) is 16.7. The van der Waals surface area contributed by atoms with Gasteiger partial charge in [0.1, 0.15) is 12.7 Å². The zero-order chi connectivity index (χ0) is 21.6. The fourth-order valence-corrected chi connectivity index (χ4v) is 2.40. The molecule has 0 bridgehead atoms. The van der Waals surface area contributed by atoms with Crippen LogP contribution >= 0.6 is 11.6 Å². The smallest absolute Gasteiger partial charge is 0.328 e. The van der Waals surface area contributed by atoms with E-state index in [9.17, 15) is 14.7 Å². The summed E-state index contributed by atoms with van der Waals surface area (Å²) in [4.78, 5) is 32.7. The van der Waals surface area contributed by atoms with Gasteiger partial charge in [0.25, 0.3) is 0 Å². The van der Waals surface area contributed by atoms with E-state index in [0.717, 1.165) is 26.2 Å². The average Bonchev–Trinajstić information content (AvgIpc) is 2.69. The molecule has 0 aliphatic carbocycles. The van der Waals surface area contributed by atoms with Gasteiger partial charge in [-0.15, -0.1) is 0 Å². The van der Waals surface area contributed by atoms with Gasteiger partial charge in [-0.05, 0) is 19.2 Å². The number of oxime groups is 1. The highest BCUT2D eigenvalue weighted by molar-refractivity contribution is 6.69. The van der Waals surface area contributed by atoms with Crippen molar-refractivity contribution in [2.24, 2.45) is 5.16 Å². The number of aliphatic carboxylic acids is 2. The van der Waals surface area contributed by atoms with Gasteiger partial charge >= 0.3 is 11.9 Å². The molecule has 2 rings (SSSR count). The van der Waals surface area contributed by atoms with E-state index in [2.05, 4.69) is 27.0 Å². The highest BCUT2D eigenvalue weighted by Crippen LogP contribution is 2.04. The first-order valence-electron chi connectivity index (χ1n) is 8.76. The van der Waals surface area contributed by atoms with Crippen molar-refractivity contribution in [2.75, 3.05) is 46.4 Å². The fraction of sp³-hybridized carbons (Fsp3) is 0.444. The number of rotatable bonds is 8. The molecule has 10 nitrogen and oxygen atoms in total. The van der Waals surface area contributed by atoms with Gasteiger partial charge in [0.05, 0.1) is 0 Å². The summed E-state index contributed by atoms with van der Waals surface area (Å²) >= 11 is 5.99. The maximum absolute atomic E-state index is 9.95. The molecular formula is C18H25ClN4O6. The number of carbonyl (C=O) groups is 2. The minimum atomic E-state index is -1.26. The lowest BCUT2D eigenvalue weighted by molar-refractivity contribution is -0.134. The number of halogens is 1. The van der Waals surface area contributed by atoms with Gasteiger partial charge in [-0.2, -0.15) is 0 Å². The lowest BCUT2D eigenvalue weighted by Crippen LogP contribution is -2.47. The topological polar surface area (TPSA) is 136 Å². The summed E-state index contributed by atoms with van der Waals surface area (Å²) in [6, 6.07) is 3.57. The number of aliphatic hydroxyl groups is 1. The van der Waals surface area contributed by atoms with E-state index in [1.165, 1.54) is 0 Å². The van der Waals surface area contributed by atoms with Crippen molar-refractivity contribution in [3.8, 4) is 0 Å². The summed E-state index contributed by atoms with van der Waals surface area (Å²) in [5.41, 5.74) is 0.688. The van der Waals surface area contributed by atoms with Crippen molar-refractivity contribution in [1.29, 1.82) is 0 Å². The van der Waals surface area contributed by atoms with Crippen LogP contribution in [0.3, 0.4) is 0 Å². The van der Waals surface area contributed by atoms with Crippen LogP contribution in [0.15, 0.2) is 41.8 Å². The van der Waals surface area contributed by atoms with Crippen LogP contribution < -0.4 is 0 Å². The molecule has 0 saturated carbocycles. The number of piperazine rings is 1. The zero-order valence-corrected chi connectivity index (χ0v) is 16.8. The lowest BCUT2D eigenvalue weighted by atomic mass is 10.3. The molecule has 11 heteroatoms. The maximum Gasteiger partial charge on any atom is 0.328 e. The Kier molecular flexibility index (Phi) is 11.5. The molecule has 160 valence electrons. The molecule has 1 fully saturated rings. The summed E-state index contributed by atoms with van der Waals surface area (Å²) in [6.45, 7) is 4.70. The van der Waals surface area contributed by atoms with Gasteiger partial charge in [0.2, 0.25) is 0 Å². The maximum atomic E-state index is 9.95. The van der Waals surface area contributed by atoms with Crippen LogP contribution in [0.4, 0.5) is 0 Å². The Morgan fingerprint density at radius 1 is 1.28 bits per heavy atom. The number of pyridine rings is 1. The van der Waals surface area contributed by atoms with Crippen molar-refractivity contribution >= 4 is 28.7 Å². The largest absolute Gasteiger partial charge is 0.478 e. The molecule has 0 radical (unpaired) electrons. The molecule has 0 amide bonds. The van der Waals surface area contributed by atoms with Gasteiger partial charge < -0.3 is 25.1 Å². The number of likely N-dealkylation sites (N-methyl/N-ethyl adjacent to an activating group) is 1. The van der Waals surface area contributed by atoms with Crippen LogP contribution in [0.2, 0.25) is 0 Å². The molecule has 1 aromatic rings. The molecule has 1 aliphatic rings. The third-order valence-corrected chi connectivity index (χ3v) is 4.03. The Labute approximate surface area is 173 Å². The van der Waals surface area contributed by atoms with Crippen LogP contribution in [0, 0.1) is 0 Å². The first kappa shape index (κ1) is 24.5.